The van der Waals surface area contributed by atoms with Crippen molar-refractivity contribution < 1.29 is 4.74 Å². The minimum Gasteiger partial charge on any atom is -0.379 e. The minimum absolute atomic E-state index is 0.666. The summed E-state index contributed by atoms with van der Waals surface area (Å²) in [5, 5.41) is 0. The van der Waals surface area contributed by atoms with Gasteiger partial charge in [0.1, 0.15) is 0 Å². The van der Waals surface area contributed by atoms with Gasteiger partial charge in [-0.25, -0.2) is 0 Å². The molecule has 5 heteroatoms. The molecule has 2 aliphatic rings. The molecule has 2 unspecified atom stereocenters. The predicted octanol–water partition coefficient (Wildman–Crippen LogP) is 0.814. The highest BCUT2D eigenvalue weighted by Crippen LogP contribution is 2.22. The Kier molecular flexibility index (Phi) is 4.60. The highest BCUT2D eigenvalue weighted by atomic mass is 16.5. The van der Waals surface area contributed by atoms with Crippen LogP contribution in [0.4, 0.5) is 0 Å². The Balaban J connectivity index is 1.50. The highest BCUT2D eigenvalue weighted by molar-refractivity contribution is 4.97. The number of aromatic nitrogens is 2. The Bertz CT molecular complexity index is 408. The van der Waals surface area contributed by atoms with Crippen molar-refractivity contribution in [3.8, 4) is 0 Å². The van der Waals surface area contributed by atoms with Crippen molar-refractivity contribution in [3.05, 3.63) is 24.3 Å². The maximum Gasteiger partial charge on any atom is 0.0599 e. The molecule has 5 nitrogen and oxygen atoms in total. The first kappa shape index (κ1) is 13.9. The lowest BCUT2D eigenvalue weighted by molar-refractivity contribution is 0.0185. The van der Waals surface area contributed by atoms with Crippen LogP contribution in [0.15, 0.2) is 18.6 Å². The van der Waals surface area contributed by atoms with Crippen LogP contribution in [-0.2, 0) is 11.2 Å². The molecule has 1 aromatic rings. The van der Waals surface area contributed by atoms with Crippen LogP contribution in [-0.4, -0.2) is 71.2 Å². The topological polar surface area (TPSA) is 41.5 Å². The van der Waals surface area contributed by atoms with Gasteiger partial charge >= 0.3 is 0 Å². The van der Waals surface area contributed by atoms with Gasteiger partial charge in [0, 0.05) is 63.3 Å². The average molecular weight is 276 g/mol. The van der Waals surface area contributed by atoms with Crippen molar-refractivity contribution in [2.24, 2.45) is 0 Å². The van der Waals surface area contributed by atoms with Gasteiger partial charge in [-0.2, -0.15) is 0 Å². The van der Waals surface area contributed by atoms with Gasteiger partial charge in [0.25, 0.3) is 0 Å². The molecule has 2 aliphatic heterocycles. The summed E-state index contributed by atoms with van der Waals surface area (Å²) in [6, 6.07) is 1.37. The van der Waals surface area contributed by atoms with E-state index in [1.807, 2.05) is 6.20 Å². The van der Waals surface area contributed by atoms with Crippen molar-refractivity contribution in [2.45, 2.75) is 31.8 Å². The van der Waals surface area contributed by atoms with Gasteiger partial charge < -0.3 is 4.74 Å². The fourth-order valence-corrected chi connectivity index (χ4v) is 3.30. The van der Waals surface area contributed by atoms with E-state index in [2.05, 4.69) is 26.7 Å². The maximum absolute atomic E-state index is 5.45. The van der Waals surface area contributed by atoms with E-state index >= 15 is 0 Å². The molecule has 20 heavy (non-hydrogen) atoms. The maximum atomic E-state index is 5.45. The summed E-state index contributed by atoms with van der Waals surface area (Å²) in [6.07, 6.45) is 7.66. The Morgan fingerprint density at radius 1 is 1.30 bits per heavy atom. The fourth-order valence-electron chi connectivity index (χ4n) is 3.30. The first-order chi connectivity index (χ1) is 9.83. The molecule has 2 atom stereocenters. The molecule has 2 saturated heterocycles. The van der Waals surface area contributed by atoms with Crippen molar-refractivity contribution in [1.82, 2.24) is 19.8 Å². The van der Waals surface area contributed by atoms with Crippen molar-refractivity contribution in [2.75, 3.05) is 39.4 Å². The van der Waals surface area contributed by atoms with Gasteiger partial charge in [-0.15, -0.1) is 0 Å². The van der Waals surface area contributed by atoms with Crippen molar-refractivity contribution in [1.29, 1.82) is 0 Å². The second-order valence-electron chi connectivity index (χ2n) is 5.83. The normalized spacial score (nSPS) is 28.9. The van der Waals surface area contributed by atoms with E-state index in [1.165, 1.54) is 13.0 Å². The van der Waals surface area contributed by atoms with Crippen LogP contribution < -0.4 is 0 Å². The Morgan fingerprint density at radius 3 is 2.90 bits per heavy atom. The van der Waals surface area contributed by atoms with Crippen LogP contribution in [0.5, 0.6) is 0 Å². The molecule has 0 amide bonds. The third kappa shape index (κ3) is 3.34. The number of rotatable bonds is 4. The number of nitrogens with zero attached hydrogens (tertiary/aromatic N) is 4. The second-order valence-corrected chi connectivity index (χ2v) is 5.83. The summed E-state index contributed by atoms with van der Waals surface area (Å²) in [7, 11) is 0. The third-order valence-corrected chi connectivity index (χ3v) is 4.52. The van der Waals surface area contributed by atoms with E-state index in [0.29, 0.717) is 12.1 Å². The predicted molar refractivity (Wildman–Crippen MR) is 77.6 cm³/mol. The minimum atomic E-state index is 0.666. The van der Waals surface area contributed by atoms with Gasteiger partial charge in [0.05, 0.1) is 18.9 Å². The van der Waals surface area contributed by atoms with E-state index in [4.69, 9.17) is 4.74 Å². The first-order valence-corrected chi connectivity index (χ1v) is 7.63. The number of hydrogen-bond acceptors (Lipinski definition) is 5. The van der Waals surface area contributed by atoms with E-state index in [0.717, 1.165) is 45.0 Å². The summed E-state index contributed by atoms with van der Waals surface area (Å²) in [4.78, 5) is 13.7. The van der Waals surface area contributed by atoms with E-state index in [9.17, 15) is 0 Å². The first-order valence-electron chi connectivity index (χ1n) is 7.63. The molecule has 0 bridgehead atoms. The lowest BCUT2D eigenvalue weighted by atomic mass is 10.1. The Morgan fingerprint density at radius 2 is 2.15 bits per heavy atom. The zero-order valence-corrected chi connectivity index (χ0v) is 12.2. The SMILES string of the molecule is CC1CC(N2CCOCC2)CN1CCc1cnccn1. The molecule has 1 aromatic heterocycles. The Labute approximate surface area is 121 Å². The molecule has 0 saturated carbocycles. The summed E-state index contributed by atoms with van der Waals surface area (Å²) >= 11 is 0. The zero-order valence-electron chi connectivity index (χ0n) is 12.2. The molecule has 0 spiro atoms. The fraction of sp³-hybridized carbons (Fsp3) is 0.733. The molecular weight excluding hydrogens is 252 g/mol. The van der Waals surface area contributed by atoms with Gasteiger partial charge in [0.15, 0.2) is 0 Å². The van der Waals surface area contributed by atoms with Crippen LogP contribution in [0.1, 0.15) is 19.0 Å². The quantitative estimate of drug-likeness (QED) is 0.814. The molecule has 0 radical (unpaired) electrons. The van der Waals surface area contributed by atoms with Gasteiger partial charge in [-0.3, -0.25) is 19.8 Å². The largest absolute Gasteiger partial charge is 0.379 e. The molecule has 0 aliphatic carbocycles. The molecular formula is C15H24N4O. The highest BCUT2D eigenvalue weighted by Gasteiger charge is 2.33. The lowest BCUT2D eigenvalue weighted by Gasteiger charge is -2.32. The second kappa shape index (κ2) is 6.61. The van der Waals surface area contributed by atoms with Crippen LogP contribution in [0.2, 0.25) is 0 Å². The molecule has 0 aromatic carbocycles. The lowest BCUT2D eigenvalue weighted by Crippen LogP contribution is -2.44. The van der Waals surface area contributed by atoms with Crippen LogP contribution >= 0.6 is 0 Å². The Hall–Kier alpha value is -1.04. The number of hydrogen-bond donors (Lipinski definition) is 0. The van der Waals surface area contributed by atoms with Crippen LogP contribution in [0, 0.1) is 0 Å². The van der Waals surface area contributed by atoms with Gasteiger partial charge in [0.2, 0.25) is 0 Å². The number of morpholine rings is 1. The van der Waals surface area contributed by atoms with Crippen LogP contribution in [0.25, 0.3) is 0 Å². The molecule has 3 heterocycles. The number of likely N-dealkylation sites (tertiary alicyclic amines) is 1. The van der Waals surface area contributed by atoms with E-state index in [-0.39, 0.29) is 0 Å². The summed E-state index contributed by atoms with van der Waals surface area (Å²) in [5.74, 6) is 0. The monoisotopic (exact) mass is 276 g/mol. The van der Waals surface area contributed by atoms with Crippen LogP contribution in [0.3, 0.4) is 0 Å². The third-order valence-electron chi connectivity index (χ3n) is 4.52. The average Bonchev–Trinajstić information content (AvgIpc) is 2.88. The zero-order chi connectivity index (χ0) is 13.8. The summed E-state index contributed by atoms with van der Waals surface area (Å²) in [5.41, 5.74) is 1.09. The van der Waals surface area contributed by atoms with Crippen molar-refractivity contribution >= 4 is 0 Å². The van der Waals surface area contributed by atoms with E-state index in [1.54, 1.807) is 12.4 Å². The van der Waals surface area contributed by atoms with Crippen molar-refractivity contribution in [3.63, 3.8) is 0 Å². The smallest absolute Gasteiger partial charge is 0.0599 e. The standard InChI is InChI=1S/C15H24N4O/c1-13-10-15(18-6-8-20-9-7-18)12-19(13)5-2-14-11-16-3-4-17-14/h3-4,11,13,15H,2,5-10,12H2,1H3. The van der Waals surface area contributed by atoms with Gasteiger partial charge in [-0.1, -0.05) is 0 Å². The number of ether oxygens (including phenoxy) is 1. The van der Waals surface area contributed by atoms with Gasteiger partial charge in [-0.05, 0) is 13.3 Å². The summed E-state index contributed by atoms with van der Waals surface area (Å²) < 4.78 is 5.45. The molecule has 2 fully saturated rings. The summed E-state index contributed by atoms with van der Waals surface area (Å²) in [6.45, 7) is 8.58. The molecule has 110 valence electrons. The molecule has 3 rings (SSSR count). The molecule has 0 N–H and O–H groups in total. The van der Waals surface area contributed by atoms with E-state index < -0.39 is 0 Å².